The number of hydrogen-bond acceptors (Lipinski definition) is 4. The SMILES string of the molecule is O=C(CCn1cc(CCO)nn1)Nc1ccccc1. The fraction of sp³-hybridized carbons (Fsp3) is 0.308. The minimum atomic E-state index is -0.0644. The van der Waals surface area contributed by atoms with E-state index in [1.54, 1.807) is 10.9 Å². The van der Waals surface area contributed by atoms with Crippen molar-refractivity contribution in [2.75, 3.05) is 11.9 Å². The van der Waals surface area contributed by atoms with Gasteiger partial charge in [-0.05, 0) is 12.1 Å². The largest absolute Gasteiger partial charge is 0.396 e. The Bertz CT molecular complexity index is 524. The third kappa shape index (κ3) is 4.18. The minimum Gasteiger partial charge on any atom is -0.396 e. The van der Waals surface area contributed by atoms with Crippen molar-refractivity contribution in [2.24, 2.45) is 0 Å². The minimum absolute atomic E-state index is 0.0488. The average molecular weight is 260 g/mol. The topological polar surface area (TPSA) is 80.0 Å². The molecular formula is C13H16N4O2. The smallest absolute Gasteiger partial charge is 0.226 e. The number of nitrogens with zero attached hydrogens (tertiary/aromatic N) is 3. The number of anilines is 1. The van der Waals surface area contributed by atoms with Gasteiger partial charge in [-0.15, -0.1) is 5.10 Å². The maximum absolute atomic E-state index is 11.7. The predicted octanol–water partition coefficient (Wildman–Crippen LogP) is 0.842. The summed E-state index contributed by atoms with van der Waals surface area (Å²) < 4.78 is 1.61. The summed E-state index contributed by atoms with van der Waals surface area (Å²) in [6, 6.07) is 9.32. The molecule has 1 heterocycles. The molecule has 0 radical (unpaired) electrons. The lowest BCUT2D eigenvalue weighted by Gasteiger charge is -2.04. The summed E-state index contributed by atoms with van der Waals surface area (Å²) in [6.45, 7) is 0.518. The number of aliphatic hydroxyl groups is 1. The van der Waals surface area contributed by atoms with Gasteiger partial charge in [-0.1, -0.05) is 23.4 Å². The summed E-state index contributed by atoms with van der Waals surface area (Å²) in [5.41, 5.74) is 1.51. The number of aromatic nitrogens is 3. The van der Waals surface area contributed by atoms with Gasteiger partial charge in [-0.25, -0.2) is 0 Å². The van der Waals surface area contributed by atoms with Gasteiger partial charge in [0.05, 0.1) is 12.2 Å². The Balaban J connectivity index is 1.79. The van der Waals surface area contributed by atoms with Gasteiger partial charge in [0.15, 0.2) is 0 Å². The lowest BCUT2D eigenvalue weighted by molar-refractivity contribution is -0.116. The number of aliphatic hydroxyl groups excluding tert-OH is 1. The van der Waals surface area contributed by atoms with Crippen molar-refractivity contribution in [3.63, 3.8) is 0 Å². The molecule has 6 nitrogen and oxygen atoms in total. The monoisotopic (exact) mass is 260 g/mol. The van der Waals surface area contributed by atoms with Gasteiger partial charge in [-0.3, -0.25) is 9.48 Å². The van der Waals surface area contributed by atoms with Gasteiger partial charge in [0.25, 0.3) is 0 Å². The first-order valence-corrected chi connectivity index (χ1v) is 6.12. The lowest BCUT2D eigenvalue weighted by Crippen LogP contribution is -2.14. The Kier molecular flexibility index (Phi) is 4.63. The van der Waals surface area contributed by atoms with E-state index in [-0.39, 0.29) is 12.5 Å². The zero-order chi connectivity index (χ0) is 13.5. The van der Waals surface area contributed by atoms with E-state index in [0.29, 0.717) is 19.4 Å². The van der Waals surface area contributed by atoms with Crippen LogP contribution in [0.15, 0.2) is 36.5 Å². The number of benzene rings is 1. The van der Waals surface area contributed by atoms with E-state index in [0.717, 1.165) is 11.4 Å². The van der Waals surface area contributed by atoms with Gasteiger partial charge in [0, 0.05) is 31.3 Å². The van der Waals surface area contributed by atoms with Crippen LogP contribution in [0.1, 0.15) is 12.1 Å². The van der Waals surface area contributed by atoms with E-state index in [1.165, 1.54) is 0 Å². The Morgan fingerprint density at radius 1 is 1.32 bits per heavy atom. The number of carbonyl (C=O) groups excluding carboxylic acids is 1. The summed E-state index contributed by atoms with van der Waals surface area (Å²) in [7, 11) is 0. The van der Waals surface area contributed by atoms with Gasteiger partial charge in [0.2, 0.25) is 5.91 Å². The van der Waals surface area contributed by atoms with Crippen LogP contribution in [-0.2, 0) is 17.8 Å². The third-order valence-corrected chi connectivity index (χ3v) is 2.58. The van der Waals surface area contributed by atoms with Crippen LogP contribution in [0.5, 0.6) is 0 Å². The molecule has 0 saturated carbocycles. The molecule has 0 fully saturated rings. The first kappa shape index (κ1) is 13.2. The summed E-state index contributed by atoms with van der Waals surface area (Å²) in [4.78, 5) is 11.7. The molecule has 1 aromatic carbocycles. The Hall–Kier alpha value is -2.21. The second-order valence-electron chi connectivity index (χ2n) is 4.11. The van der Waals surface area contributed by atoms with E-state index >= 15 is 0 Å². The molecule has 6 heteroatoms. The number of rotatable bonds is 6. The second kappa shape index (κ2) is 6.65. The van der Waals surface area contributed by atoms with Gasteiger partial charge in [-0.2, -0.15) is 0 Å². The predicted molar refractivity (Wildman–Crippen MR) is 70.5 cm³/mol. The summed E-state index contributed by atoms with van der Waals surface area (Å²) in [6.07, 6.45) is 2.55. The molecule has 1 amide bonds. The van der Waals surface area contributed by atoms with Crippen LogP contribution >= 0.6 is 0 Å². The molecule has 2 N–H and O–H groups in total. The molecule has 2 aromatic rings. The van der Waals surface area contributed by atoms with Crippen LogP contribution in [0.25, 0.3) is 0 Å². The number of amides is 1. The highest BCUT2D eigenvalue weighted by Gasteiger charge is 2.04. The van der Waals surface area contributed by atoms with Crippen LogP contribution in [0.2, 0.25) is 0 Å². The van der Waals surface area contributed by atoms with Crippen molar-refractivity contribution >= 4 is 11.6 Å². The van der Waals surface area contributed by atoms with Crippen molar-refractivity contribution < 1.29 is 9.90 Å². The molecule has 0 bridgehead atoms. The van der Waals surface area contributed by atoms with Crippen LogP contribution < -0.4 is 5.32 Å². The van der Waals surface area contributed by atoms with Crippen molar-refractivity contribution in [1.82, 2.24) is 15.0 Å². The lowest BCUT2D eigenvalue weighted by atomic mass is 10.3. The third-order valence-electron chi connectivity index (χ3n) is 2.58. The van der Waals surface area contributed by atoms with Gasteiger partial charge in [0.1, 0.15) is 0 Å². The highest BCUT2D eigenvalue weighted by Crippen LogP contribution is 2.05. The number of para-hydroxylation sites is 1. The number of carbonyl (C=O) groups is 1. The maximum Gasteiger partial charge on any atom is 0.226 e. The van der Waals surface area contributed by atoms with Gasteiger partial charge >= 0.3 is 0 Å². The normalized spacial score (nSPS) is 10.4. The van der Waals surface area contributed by atoms with Crippen LogP contribution in [0.4, 0.5) is 5.69 Å². The van der Waals surface area contributed by atoms with Crippen molar-refractivity contribution in [3.05, 3.63) is 42.2 Å². The maximum atomic E-state index is 11.7. The number of hydrogen-bond donors (Lipinski definition) is 2. The Morgan fingerprint density at radius 3 is 2.84 bits per heavy atom. The van der Waals surface area contributed by atoms with Crippen LogP contribution in [0.3, 0.4) is 0 Å². The first-order valence-electron chi connectivity index (χ1n) is 6.12. The van der Waals surface area contributed by atoms with E-state index in [1.807, 2.05) is 30.3 Å². The fourth-order valence-electron chi connectivity index (χ4n) is 1.64. The number of nitrogens with one attached hydrogen (secondary N) is 1. The summed E-state index contributed by atoms with van der Waals surface area (Å²) in [5, 5.41) is 19.4. The molecule has 0 aliphatic carbocycles. The van der Waals surface area contributed by atoms with Crippen molar-refractivity contribution in [1.29, 1.82) is 0 Å². The highest BCUT2D eigenvalue weighted by atomic mass is 16.3. The second-order valence-corrected chi connectivity index (χ2v) is 4.11. The van der Waals surface area contributed by atoms with E-state index in [2.05, 4.69) is 15.6 Å². The zero-order valence-electron chi connectivity index (χ0n) is 10.5. The molecule has 0 spiro atoms. The van der Waals surface area contributed by atoms with Gasteiger partial charge < -0.3 is 10.4 Å². The molecule has 0 atom stereocenters. The molecule has 100 valence electrons. The number of aryl methyl sites for hydroxylation is 1. The average Bonchev–Trinajstić information content (AvgIpc) is 2.86. The van der Waals surface area contributed by atoms with E-state index in [4.69, 9.17) is 5.11 Å². The molecule has 0 saturated heterocycles. The van der Waals surface area contributed by atoms with E-state index in [9.17, 15) is 4.79 Å². The van der Waals surface area contributed by atoms with E-state index < -0.39 is 0 Å². The molecule has 2 rings (SSSR count). The van der Waals surface area contributed by atoms with Crippen molar-refractivity contribution in [2.45, 2.75) is 19.4 Å². The quantitative estimate of drug-likeness (QED) is 0.806. The Labute approximate surface area is 111 Å². The summed E-state index contributed by atoms with van der Waals surface area (Å²) >= 11 is 0. The molecule has 0 aliphatic rings. The van der Waals surface area contributed by atoms with Crippen LogP contribution in [0, 0.1) is 0 Å². The van der Waals surface area contributed by atoms with Crippen molar-refractivity contribution in [3.8, 4) is 0 Å². The molecule has 19 heavy (non-hydrogen) atoms. The first-order chi connectivity index (χ1) is 9.28. The molecule has 1 aromatic heterocycles. The molecule has 0 unspecified atom stereocenters. The highest BCUT2D eigenvalue weighted by molar-refractivity contribution is 5.90. The Morgan fingerprint density at radius 2 is 2.11 bits per heavy atom. The fourth-order valence-corrected chi connectivity index (χ4v) is 1.64. The zero-order valence-corrected chi connectivity index (χ0v) is 10.5. The molecular weight excluding hydrogens is 244 g/mol. The molecule has 0 aliphatic heterocycles. The summed E-state index contributed by atoms with van der Waals surface area (Å²) in [5.74, 6) is -0.0644. The van der Waals surface area contributed by atoms with Crippen LogP contribution in [-0.4, -0.2) is 32.6 Å². The standard InChI is InChI=1S/C13H16N4O2/c18-9-7-12-10-17(16-15-12)8-6-13(19)14-11-4-2-1-3-5-11/h1-5,10,18H,6-9H2,(H,14,19).